The highest BCUT2D eigenvalue weighted by Gasteiger charge is 2.18. The smallest absolute Gasteiger partial charge is 0.211 e. The Morgan fingerprint density at radius 1 is 1.14 bits per heavy atom. The lowest BCUT2D eigenvalue weighted by molar-refractivity contribution is -0.105. The number of halogens is 1. The molecule has 2 aromatic rings. The number of fused-ring (bicyclic) bond motifs is 1. The molecule has 3 rings (SSSR count). The van der Waals surface area contributed by atoms with Crippen molar-refractivity contribution in [3.05, 3.63) is 58.4 Å². The Labute approximate surface area is 129 Å². The highest BCUT2D eigenvalue weighted by atomic mass is 19.1. The fourth-order valence-electron chi connectivity index (χ4n) is 3.15. The minimum Gasteiger partial charge on any atom is -0.367 e. The quantitative estimate of drug-likeness (QED) is 0.879. The number of hydrogen-bond acceptors (Lipinski definition) is 2. The van der Waals surface area contributed by atoms with Gasteiger partial charge in [0.15, 0.2) is 0 Å². The van der Waals surface area contributed by atoms with Crippen molar-refractivity contribution < 1.29 is 9.18 Å². The number of amides is 1. The van der Waals surface area contributed by atoms with Crippen LogP contribution in [-0.2, 0) is 17.8 Å². The van der Waals surface area contributed by atoms with Gasteiger partial charge in [-0.25, -0.2) is 4.39 Å². The molecule has 0 aromatic heterocycles. The van der Waals surface area contributed by atoms with Gasteiger partial charge in [0.2, 0.25) is 6.41 Å². The van der Waals surface area contributed by atoms with Crippen LogP contribution in [0.5, 0.6) is 0 Å². The lowest BCUT2D eigenvalue weighted by Crippen LogP contribution is -2.30. The van der Waals surface area contributed by atoms with Gasteiger partial charge in [0.1, 0.15) is 5.82 Å². The zero-order chi connectivity index (χ0) is 15.7. The Kier molecular flexibility index (Phi) is 3.84. The van der Waals surface area contributed by atoms with E-state index in [0.29, 0.717) is 6.41 Å². The molecule has 0 bridgehead atoms. The molecule has 2 aromatic carbocycles. The standard InChI is InChI=1S/C18H19FN2O/c1-12-7-17(8-13(2)18(12)20-11-22)21-6-5-14-9-16(19)4-3-15(14)10-21/h3-4,7-9,11H,5-6,10H2,1-2H3,(H,20,22). The monoisotopic (exact) mass is 298 g/mol. The molecule has 114 valence electrons. The van der Waals surface area contributed by atoms with Gasteiger partial charge >= 0.3 is 0 Å². The molecule has 4 heteroatoms. The van der Waals surface area contributed by atoms with Crippen molar-refractivity contribution in [1.82, 2.24) is 0 Å². The van der Waals surface area contributed by atoms with Crippen molar-refractivity contribution in [2.45, 2.75) is 26.8 Å². The third-order valence-corrected chi connectivity index (χ3v) is 4.27. The normalized spacial score (nSPS) is 13.7. The first-order valence-corrected chi connectivity index (χ1v) is 7.42. The van der Waals surface area contributed by atoms with E-state index in [-0.39, 0.29) is 5.82 Å². The number of nitrogens with zero attached hydrogens (tertiary/aromatic N) is 1. The van der Waals surface area contributed by atoms with E-state index >= 15 is 0 Å². The molecule has 0 radical (unpaired) electrons. The number of benzene rings is 2. The summed E-state index contributed by atoms with van der Waals surface area (Å²) in [4.78, 5) is 13.0. The average molecular weight is 298 g/mol. The maximum Gasteiger partial charge on any atom is 0.211 e. The lowest BCUT2D eigenvalue weighted by Gasteiger charge is -2.31. The lowest BCUT2D eigenvalue weighted by atomic mass is 9.98. The van der Waals surface area contributed by atoms with Gasteiger partial charge in [-0.2, -0.15) is 0 Å². The molecule has 22 heavy (non-hydrogen) atoms. The fraction of sp³-hybridized carbons (Fsp3) is 0.278. The SMILES string of the molecule is Cc1cc(N2CCc3cc(F)ccc3C2)cc(C)c1NC=O. The molecule has 1 aliphatic rings. The van der Waals surface area contributed by atoms with Gasteiger partial charge in [-0.3, -0.25) is 4.79 Å². The van der Waals surface area contributed by atoms with E-state index in [1.54, 1.807) is 6.07 Å². The van der Waals surface area contributed by atoms with Crippen LogP contribution in [0.15, 0.2) is 30.3 Å². The zero-order valence-corrected chi connectivity index (χ0v) is 12.8. The number of aryl methyl sites for hydroxylation is 2. The number of carbonyl (C=O) groups is 1. The number of hydrogen-bond donors (Lipinski definition) is 1. The van der Waals surface area contributed by atoms with Crippen molar-refractivity contribution in [2.24, 2.45) is 0 Å². The predicted octanol–water partition coefficient (Wildman–Crippen LogP) is 3.57. The number of rotatable bonds is 3. The molecule has 0 saturated carbocycles. The summed E-state index contributed by atoms with van der Waals surface area (Å²) in [6.45, 7) is 5.65. The Morgan fingerprint density at radius 2 is 1.86 bits per heavy atom. The van der Waals surface area contributed by atoms with E-state index < -0.39 is 0 Å². The first kappa shape index (κ1) is 14.6. The van der Waals surface area contributed by atoms with Crippen molar-refractivity contribution in [3.8, 4) is 0 Å². The molecule has 0 saturated heterocycles. The molecule has 0 aliphatic carbocycles. The molecule has 3 nitrogen and oxygen atoms in total. The largest absolute Gasteiger partial charge is 0.367 e. The van der Waals surface area contributed by atoms with Crippen molar-refractivity contribution in [1.29, 1.82) is 0 Å². The second kappa shape index (κ2) is 5.79. The van der Waals surface area contributed by atoms with Gasteiger partial charge in [-0.15, -0.1) is 0 Å². The number of anilines is 2. The van der Waals surface area contributed by atoms with Gasteiger partial charge in [-0.1, -0.05) is 6.07 Å². The van der Waals surface area contributed by atoms with Crippen LogP contribution < -0.4 is 10.2 Å². The maximum atomic E-state index is 13.3. The van der Waals surface area contributed by atoms with Gasteiger partial charge in [0.25, 0.3) is 0 Å². The summed E-state index contributed by atoms with van der Waals surface area (Å²) in [6.07, 6.45) is 1.56. The van der Waals surface area contributed by atoms with E-state index in [2.05, 4.69) is 22.3 Å². The molecule has 1 N–H and O–H groups in total. The highest BCUT2D eigenvalue weighted by Crippen LogP contribution is 2.30. The molecule has 0 spiro atoms. The van der Waals surface area contributed by atoms with Crippen LogP contribution in [0, 0.1) is 19.7 Å². The van der Waals surface area contributed by atoms with Gasteiger partial charge in [0.05, 0.1) is 0 Å². The van der Waals surface area contributed by atoms with Crippen LogP contribution in [0.1, 0.15) is 22.3 Å². The van der Waals surface area contributed by atoms with Gasteiger partial charge < -0.3 is 10.2 Å². The van der Waals surface area contributed by atoms with E-state index in [4.69, 9.17) is 0 Å². The number of nitrogens with one attached hydrogen (secondary N) is 1. The van der Waals surface area contributed by atoms with Crippen molar-refractivity contribution in [2.75, 3.05) is 16.8 Å². The van der Waals surface area contributed by atoms with Gasteiger partial charge in [0, 0.05) is 24.5 Å². The fourth-order valence-corrected chi connectivity index (χ4v) is 3.15. The topological polar surface area (TPSA) is 32.3 Å². The van der Waals surface area contributed by atoms with E-state index in [1.807, 2.05) is 19.9 Å². The first-order valence-electron chi connectivity index (χ1n) is 7.42. The van der Waals surface area contributed by atoms with E-state index in [1.165, 1.54) is 11.6 Å². The predicted molar refractivity (Wildman–Crippen MR) is 86.8 cm³/mol. The molecular weight excluding hydrogens is 279 g/mol. The third-order valence-electron chi connectivity index (χ3n) is 4.27. The molecule has 0 atom stereocenters. The summed E-state index contributed by atoms with van der Waals surface area (Å²) >= 11 is 0. The minimum atomic E-state index is -0.164. The second-order valence-corrected chi connectivity index (χ2v) is 5.80. The van der Waals surface area contributed by atoms with Gasteiger partial charge in [-0.05, 0) is 66.8 Å². The Hall–Kier alpha value is -2.36. The summed E-state index contributed by atoms with van der Waals surface area (Å²) in [5.74, 6) is -0.164. The summed E-state index contributed by atoms with van der Waals surface area (Å²) in [6, 6.07) is 9.22. The van der Waals surface area contributed by atoms with E-state index in [9.17, 15) is 9.18 Å². The number of carbonyl (C=O) groups excluding carboxylic acids is 1. The zero-order valence-electron chi connectivity index (χ0n) is 12.8. The molecule has 1 amide bonds. The summed E-state index contributed by atoms with van der Waals surface area (Å²) in [7, 11) is 0. The van der Waals surface area contributed by atoms with Crippen LogP contribution in [0.4, 0.5) is 15.8 Å². The Balaban J connectivity index is 1.90. The Bertz CT molecular complexity index is 704. The van der Waals surface area contributed by atoms with Crippen molar-refractivity contribution >= 4 is 17.8 Å². The third kappa shape index (κ3) is 2.69. The molecule has 1 aliphatic heterocycles. The molecule has 0 fully saturated rings. The summed E-state index contributed by atoms with van der Waals surface area (Å²) in [5, 5.41) is 2.76. The minimum absolute atomic E-state index is 0.164. The highest BCUT2D eigenvalue weighted by molar-refractivity contribution is 5.77. The molecular formula is C18H19FN2O. The van der Waals surface area contributed by atoms with E-state index in [0.717, 1.165) is 47.6 Å². The Morgan fingerprint density at radius 3 is 2.55 bits per heavy atom. The van der Waals surface area contributed by atoms with Crippen LogP contribution in [0.3, 0.4) is 0 Å². The second-order valence-electron chi connectivity index (χ2n) is 5.80. The maximum absolute atomic E-state index is 13.3. The van der Waals surface area contributed by atoms with Crippen LogP contribution in [0.2, 0.25) is 0 Å². The first-order chi connectivity index (χ1) is 10.6. The van der Waals surface area contributed by atoms with Crippen LogP contribution in [-0.4, -0.2) is 13.0 Å². The van der Waals surface area contributed by atoms with Crippen molar-refractivity contribution in [3.63, 3.8) is 0 Å². The van der Waals surface area contributed by atoms with Crippen LogP contribution >= 0.6 is 0 Å². The summed E-state index contributed by atoms with van der Waals surface area (Å²) in [5.41, 5.74) is 6.39. The molecule has 0 unspecified atom stereocenters. The molecule has 1 heterocycles. The average Bonchev–Trinajstić information content (AvgIpc) is 2.50. The summed E-state index contributed by atoms with van der Waals surface area (Å²) < 4.78 is 13.3. The van der Waals surface area contributed by atoms with Crippen LogP contribution in [0.25, 0.3) is 0 Å².